The van der Waals surface area contributed by atoms with Crippen LogP contribution in [0.3, 0.4) is 0 Å². The van der Waals surface area contributed by atoms with Gasteiger partial charge in [-0.1, -0.05) is 0 Å². The Morgan fingerprint density at radius 3 is 2.87 bits per heavy atom. The fraction of sp³-hybridized carbons (Fsp3) is 0.438. The standard InChI is InChI=1S/C16H20FN3O2S/c1-11-8-16(14-9-12(17)5-6-15(14)18-11)20-7-3-4-13(10-20)19-23(2,21)22/h5-6,8-9,13,19H,3-4,7,10H2,1-2H3/t13-/m0/s1. The number of aryl methyl sites for hydroxylation is 1. The zero-order valence-electron chi connectivity index (χ0n) is 13.2. The molecule has 0 bridgehead atoms. The van der Waals surface area contributed by atoms with Crippen molar-refractivity contribution in [3.63, 3.8) is 0 Å². The highest BCUT2D eigenvalue weighted by Gasteiger charge is 2.24. The van der Waals surface area contributed by atoms with E-state index in [4.69, 9.17) is 0 Å². The van der Waals surface area contributed by atoms with Crippen molar-refractivity contribution >= 4 is 26.6 Å². The van der Waals surface area contributed by atoms with Crippen LogP contribution in [-0.2, 0) is 10.0 Å². The van der Waals surface area contributed by atoms with Crippen LogP contribution in [0, 0.1) is 12.7 Å². The molecular weight excluding hydrogens is 317 g/mol. The molecule has 1 aromatic carbocycles. The molecule has 1 N–H and O–H groups in total. The van der Waals surface area contributed by atoms with Crippen LogP contribution in [0.15, 0.2) is 24.3 Å². The first kappa shape index (κ1) is 16.1. The van der Waals surface area contributed by atoms with E-state index in [2.05, 4.69) is 14.6 Å². The van der Waals surface area contributed by atoms with Gasteiger partial charge in [0.1, 0.15) is 5.82 Å². The van der Waals surface area contributed by atoms with E-state index in [9.17, 15) is 12.8 Å². The van der Waals surface area contributed by atoms with Gasteiger partial charge in [-0.3, -0.25) is 4.98 Å². The summed E-state index contributed by atoms with van der Waals surface area (Å²) < 4.78 is 39.2. The summed E-state index contributed by atoms with van der Waals surface area (Å²) in [6.45, 7) is 3.29. The molecule has 7 heteroatoms. The Morgan fingerprint density at radius 1 is 1.35 bits per heavy atom. The number of hydrogen-bond donors (Lipinski definition) is 1. The average molecular weight is 337 g/mol. The van der Waals surface area contributed by atoms with Gasteiger partial charge in [0.05, 0.1) is 11.8 Å². The first-order valence-electron chi connectivity index (χ1n) is 7.61. The topological polar surface area (TPSA) is 62.3 Å². The second kappa shape index (κ2) is 6.05. The summed E-state index contributed by atoms with van der Waals surface area (Å²) in [5, 5.41) is 0.760. The number of nitrogens with one attached hydrogen (secondary N) is 1. The Hall–Kier alpha value is -1.73. The minimum absolute atomic E-state index is 0.129. The van der Waals surface area contributed by atoms with Gasteiger partial charge in [0.2, 0.25) is 10.0 Å². The van der Waals surface area contributed by atoms with Gasteiger partial charge in [-0.25, -0.2) is 17.5 Å². The summed E-state index contributed by atoms with van der Waals surface area (Å²) in [7, 11) is -3.24. The van der Waals surface area contributed by atoms with Crippen LogP contribution in [0.25, 0.3) is 10.9 Å². The van der Waals surface area contributed by atoms with E-state index in [1.54, 1.807) is 6.07 Å². The maximum atomic E-state index is 13.6. The number of fused-ring (bicyclic) bond motifs is 1. The van der Waals surface area contributed by atoms with Crippen molar-refractivity contribution in [3.05, 3.63) is 35.8 Å². The van der Waals surface area contributed by atoms with E-state index < -0.39 is 10.0 Å². The van der Waals surface area contributed by atoms with E-state index >= 15 is 0 Å². The van der Waals surface area contributed by atoms with Crippen molar-refractivity contribution in [2.45, 2.75) is 25.8 Å². The highest BCUT2D eigenvalue weighted by atomic mass is 32.2. The average Bonchev–Trinajstić information content (AvgIpc) is 2.45. The summed E-state index contributed by atoms with van der Waals surface area (Å²) in [6.07, 6.45) is 2.86. The number of pyridine rings is 1. The van der Waals surface area contributed by atoms with Gasteiger partial charge in [0.25, 0.3) is 0 Å². The van der Waals surface area contributed by atoms with Crippen molar-refractivity contribution in [2.75, 3.05) is 24.2 Å². The Kier molecular flexibility index (Phi) is 4.25. The Bertz CT molecular complexity index is 839. The van der Waals surface area contributed by atoms with E-state index in [1.807, 2.05) is 13.0 Å². The predicted molar refractivity (Wildman–Crippen MR) is 89.7 cm³/mol. The van der Waals surface area contributed by atoms with Crippen LogP contribution >= 0.6 is 0 Å². The number of benzene rings is 1. The quantitative estimate of drug-likeness (QED) is 0.933. The number of nitrogens with zero attached hydrogens (tertiary/aromatic N) is 2. The lowest BCUT2D eigenvalue weighted by atomic mass is 10.0. The van der Waals surface area contributed by atoms with Gasteiger partial charge in [-0.15, -0.1) is 0 Å². The molecule has 0 aliphatic carbocycles. The van der Waals surface area contributed by atoms with Gasteiger partial charge in [0, 0.05) is 35.9 Å². The molecule has 1 saturated heterocycles. The third-order valence-corrected chi connectivity index (χ3v) is 4.78. The molecule has 0 unspecified atom stereocenters. The van der Waals surface area contributed by atoms with Crippen LogP contribution in [0.4, 0.5) is 10.1 Å². The first-order valence-corrected chi connectivity index (χ1v) is 9.50. The smallest absolute Gasteiger partial charge is 0.209 e. The van der Waals surface area contributed by atoms with Crippen molar-refractivity contribution in [1.82, 2.24) is 9.71 Å². The number of halogens is 1. The fourth-order valence-electron chi connectivity index (χ4n) is 3.17. The minimum atomic E-state index is -3.24. The van der Waals surface area contributed by atoms with Gasteiger partial charge < -0.3 is 4.90 Å². The van der Waals surface area contributed by atoms with E-state index in [1.165, 1.54) is 18.4 Å². The van der Waals surface area contributed by atoms with Crippen LogP contribution < -0.4 is 9.62 Å². The second-order valence-electron chi connectivity index (χ2n) is 6.12. The largest absolute Gasteiger partial charge is 0.369 e. The van der Waals surface area contributed by atoms with Gasteiger partial charge >= 0.3 is 0 Å². The van der Waals surface area contributed by atoms with E-state index in [0.29, 0.717) is 6.54 Å². The molecule has 23 heavy (non-hydrogen) atoms. The van der Waals surface area contributed by atoms with E-state index in [-0.39, 0.29) is 11.9 Å². The molecule has 1 aliphatic heterocycles. The Balaban J connectivity index is 1.97. The molecule has 124 valence electrons. The SMILES string of the molecule is Cc1cc(N2CCC[C@H](NS(C)(=O)=O)C2)c2cc(F)ccc2n1. The lowest BCUT2D eigenvalue weighted by molar-refractivity contribution is 0.468. The summed E-state index contributed by atoms with van der Waals surface area (Å²) in [4.78, 5) is 6.56. The third-order valence-electron chi connectivity index (χ3n) is 4.02. The van der Waals surface area contributed by atoms with Crippen LogP contribution in [0.1, 0.15) is 18.5 Å². The van der Waals surface area contributed by atoms with Gasteiger partial charge in [0.15, 0.2) is 0 Å². The van der Waals surface area contributed by atoms with Crippen molar-refractivity contribution < 1.29 is 12.8 Å². The summed E-state index contributed by atoms with van der Waals surface area (Å²) in [5.41, 5.74) is 2.52. The van der Waals surface area contributed by atoms with Crippen molar-refractivity contribution in [1.29, 1.82) is 0 Å². The second-order valence-corrected chi connectivity index (χ2v) is 7.90. The number of sulfonamides is 1. The molecule has 1 aromatic heterocycles. The molecular formula is C16H20FN3O2S. The molecule has 0 radical (unpaired) electrons. The normalized spacial score (nSPS) is 19.3. The van der Waals surface area contributed by atoms with Crippen LogP contribution in [0.2, 0.25) is 0 Å². The molecule has 2 heterocycles. The molecule has 0 saturated carbocycles. The lowest BCUT2D eigenvalue weighted by Gasteiger charge is -2.35. The Labute approximate surface area is 135 Å². The number of hydrogen-bond acceptors (Lipinski definition) is 4. The molecule has 1 aliphatic rings. The summed E-state index contributed by atoms with van der Waals surface area (Å²) in [5.74, 6) is -0.299. The number of anilines is 1. The molecule has 5 nitrogen and oxygen atoms in total. The van der Waals surface area contributed by atoms with Crippen molar-refractivity contribution in [3.8, 4) is 0 Å². The molecule has 1 fully saturated rings. The molecule has 0 amide bonds. The number of aromatic nitrogens is 1. The van der Waals surface area contributed by atoms with E-state index in [0.717, 1.165) is 41.7 Å². The van der Waals surface area contributed by atoms with Gasteiger partial charge in [-0.2, -0.15) is 0 Å². The predicted octanol–water partition coefficient (Wildman–Crippen LogP) is 2.20. The zero-order valence-corrected chi connectivity index (χ0v) is 14.0. The molecule has 1 atom stereocenters. The maximum absolute atomic E-state index is 13.6. The molecule has 2 aromatic rings. The molecule has 0 spiro atoms. The zero-order chi connectivity index (χ0) is 16.6. The summed E-state index contributed by atoms with van der Waals surface area (Å²) in [6, 6.07) is 6.38. The third kappa shape index (κ3) is 3.79. The summed E-state index contributed by atoms with van der Waals surface area (Å²) >= 11 is 0. The lowest BCUT2D eigenvalue weighted by Crippen LogP contribution is -2.47. The monoisotopic (exact) mass is 337 g/mol. The fourth-order valence-corrected chi connectivity index (χ4v) is 3.96. The number of rotatable bonds is 3. The molecule has 3 rings (SSSR count). The minimum Gasteiger partial charge on any atom is -0.369 e. The first-order chi connectivity index (χ1) is 10.8. The maximum Gasteiger partial charge on any atom is 0.209 e. The highest BCUT2D eigenvalue weighted by Crippen LogP contribution is 2.29. The van der Waals surface area contributed by atoms with Gasteiger partial charge in [-0.05, 0) is 44.0 Å². The number of piperidine rings is 1. The van der Waals surface area contributed by atoms with Crippen molar-refractivity contribution in [2.24, 2.45) is 0 Å². The Morgan fingerprint density at radius 2 is 2.13 bits per heavy atom. The van der Waals surface area contributed by atoms with Crippen LogP contribution in [0.5, 0.6) is 0 Å². The van der Waals surface area contributed by atoms with Crippen LogP contribution in [-0.4, -0.2) is 38.8 Å². The highest BCUT2D eigenvalue weighted by molar-refractivity contribution is 7.88.